The van der Waals surface area contributed by atoms with Gasteiger partial charge in [0, 0.05) is 54.8 Å². The summed E-state index contributed by atoms with van der Waals surface area (Å²) < 4.78 is 0.570. The largest absolute Gasteiger partial charge is 0.492 e. The number of hydrogen-bond donors (Lipinski definition) is 4. The van der Waals surface area contributed by atoms with Crippen LogP contribution in [0.15, 0.2) is 30.3 Å². The normalized spacial score (nSPS) is 17.4. The topological polar surface area (TPSA) is 167 Å². The monoisotopic (exact) mass is 470 g/mol. The van der Waals surface area contributed by atoms with Gasteiger partial charge in [-0.2, -0.15) is 0 Å². The number of carbonyl (C=O) groups excluding carboxylic acids is 5. The summed E-state index contributed by atoms with van der Waals surface area (Å²) in [6.45, 7) is 0.118. The number of carbonyl (C=O) groups is 5. The van der Waals surface area contributed by atoms with Crippen LogP contribution in [0.1, 0.15) is 48.0 Å². The second-order valence-electron chi connectivity index (χ2n) is 7.94. The lowest BCUT2D eigenvalue weighted by atomic mass is 10.0. The maximum atomic E-state index is 12.8. The van der Waals surface area contributed by atoms with Crippen LogP contribution in [-0.2, 0) is 25.7 Å². The van der Waals surface area contributed by atoms with E-state index in [1.165, 1.54) is 4.90 Å². The Hall–Kier alpha value is -4.35. The zero-order valence-electron chi connectivity index (χ0n) is 17.9. The smallest absolute Gasteiger partial charge is 0.333 e. The third kappa shape index (κ3) is 4.56. The number of piperidine rings is 1. The molecule has 0 saturated carbocycles. The number of imide groups is 1. The minimum absolute atomic E-state index is 0.0206. The molecule has 34 heavy (non-hydrogen) atoms. The van der Waals surface area contributed by atoms with E-state index < -0.39 is 29.7 Å². The van der Waals surface area contributed by atoms with Crippen molar-refractivity contribution in [3.63, 3.8) is 0 Å². The first-order valence-corrected chi connectivity index (χ1v) is 10.6. The first-order chi connectivity index (χ1) is 16.2. The summed E-state index contributed by atoms with van der Waals surface area (Å²) in [7, 11) is 0. The molecule has 2 aromatic rings. The molecule has 4 rings (SSSR count). The number of anilines is 1. The molecule has 1 unspecified atom stereocenters. The van der Waals surface area contributed by atoms with Gasteiger partial charge >= 0.3 is 5.97 Å². The highest BCUT2D eigenvalue weighted by Crippen LogP contribution is 2.32. The molecule has 4 amide bonds. The third-order valence-electron chi connectivity index (χ3n) is 5.63. The minimum atomic E-state index is -0.758. The summed E-state index contributed by atoms with van der Waals surface area (Å²) >= 11 is 0. The van der Waals surface area contributed by atoms with Gasteiger partial charge in [0.1, 0.15) is 6.04 Å². The summed E-state index contributed by atoms with van der Waals surface area (Å²) in [6, 6.07) is 6.42. The van der Waals surface area contributed by atoms with Crippen LogP contribution in [0.2, 0.25) is 0 Å². The maximum Gasteiger partial charge on any atom is 0.333 e. The highest BCUT2D eigenvalue weighted by molar-refractivity contribution is 6.06. The lowest BCUT2D eigenvalue weighted by Crippen LogP contribution is -2.52. The standard InChI is InChI=1S/C22H22N4O8/c27-16(5-2-6-20(31)34-26-18(29)9-10-19(26)30)23-14-4-1-3-12-13(14)11-25(22(12)33)15-7-8-17(28)24-21(15)32/h1,3-4,9-10,15,29-30H,2,5-8,11H2,(H,23,27)(H,24,28,32). The first kappa shape index (κ1) is 22.8. The summed E-state index contributed by atoms with van der Waals surface area (Å²) in [5, 5.41) is 23.9. The molecule has 1 fully saturated rings. The zero-order valence-corrected chi connectivity index (χ0v) is 17.9. The van der Waals surface area contributed by atoms with Crippen molar-refractivity contribution in [2.24, 2.45) is 0 Å². The van der Waals surface area contributed by atoms with E-state index >= 15 is 0 Å². The molecule has 1 saturated heterocycles. The van der Waals surface area contributed by atoms with Gasteiger partial charge in [0.25, 0.3) is 5.91 Å². The molecule has 3 heterocycles. The quantitative estimate of drug-likeness (QED) is 0.423. The fourth-order valence-electron chi connectivity index (χ4n) is 3.95. The molecule has 0 aliphatic carbocycles. The van der Waals surface area contributed by atoms with Gasteiger partial charge < -0.3 is 25.3 Å². The Morgan fingerprint density at radius 1 is 1.09 bits per heavy atom. The van der Waals surface area contributed by atoms with Crippen molar-refractivity contribution in [1.29, 1.82) is 0 Å². The third-order valence-corrected chi connectivity index (χ3v) is 5.63. The fourth-order valence-corrected chi connectivity index (χ4v) is 3.95. The molecular weight excluding hydrogens is 448 g/mol. The molecule has 12 heteroatoms. The number of nitrogens with one attached hydrogen (secondary N) is 2. The minimum Gasteiger partial charge on any atom is -0.492 e. The molecule has 1 aromatic carbocycles. The molecule has 0 spiro atoms. The maximum absolute atomic E-state index is 12.8. The zero-order chi connectivity index (χ0) is 24.4. The van der Waals surface area contributed by atoms with Crippen LogP contribution in [0, 0.1) is 0 Å². The van der Waals surface area contributed by atoms with Gasteiger partial charge in [0.2, 0.25) is 29.5 Å². The van der Waals surface area contributed by atoms with Crippen LogP contribution in [0.3, 0.4) is 0 Å². The van der Waals surface area contributed by atoms with Gasteiger partial charge in [-0.05, 0) is 25.0 Å². The van der Waals surface area contributed by atoms with Gasteiger partial charge in [-0.25, -0.2) is 4.79 Å². The van der Waals surface area contributed by atoms with E-state index in [2.05, 4.69) is 10.6 Å². The van der Waals surface area contributed by atoms with Crippen LogP contribution < -0.4 is 15.5 Å². The number of hydrogen-bond acceptors (Lipinski definition) is 8. The average Bonchev–Trinajstić information content (AvgIpc) is 3.28. The second-order valence-corrected chi connectivity index (χ2v) is 7.94. The van der Waals surface area contributed by atoms with Crippen molar-refractivity contribution in [2.45, 2.75) is 44.7 Å². The Bertz CT molecular complexity index is 1170. The van der Waals surface area contributed by atoms with Crippen molar-refractivity contribution in [1.82, 2.24) is 14.9 Å². The van der Waals surface area contributed by atoms with E-state index in [9.17, 15) is 34.2 Å². The number of amides is 4. The van der Waals surface area contributed by atoms with Crippen molar-refractivity contribution in [3.8, 4) is 11.8 Å². The second kappa shape index (κ2) is 9.25. The molecule has 2 aliphatic rings. The van der Waals surface area contributed by atoms with Crippen LogP contribution in [0.5, 0.6) is 11.8 Å². The van der Waals surface area contributed by atoms with E-state index in [1.807, 2.05) is 0 Å². The summed E-state index contributed by atoms with van der Waals surface area (Å²) in [6.07, 6.45) is 0.364. The van der Waals surface area contributed by atoms with Crippen molar-refractivity contribution < 1.29 is 39.0 Å². The van der Waals surface area contributed by atoms with Gasteiger partial charge in [-0.3, -0.25) is 24.5 Å². The molecule has 1 atom stereocenters. The lowest BCUT2D eigenvalue weighted by Gasteiger charge is -2.29. The van der Waals surface area contributed by atoms with E-state index in [4.69, 9.17) is 4.84 Å². The first-order valence-electron chi connectivity index (χ1n) is 10.6. The Balaban J connectivity index is 1.33. The van der Waals surface area contributed by atoms with Crippen molar-refractivity contribution in [3.05, 3.63) is 41.5 Å². The van der Waals surface area contributed by atoms with Gasteiger partial charge in [-0.15, -0.1) is 4.73 Å². The molecule has 1 aromatic heterocycles. The number of rotatable bonds is 7. The summed E-state index contributed by atoms with van der Waals surface area (Å²) in [4.78, 5) is 67.0. The van der Waals surface area contributed by atoms with E-state index in [0.29, 0.717) is 21.5 Å². The SMILES string of the molecule is O=C1CCC(N2Cc3c(NC(=O)CCCC(=O)On4c(O)ccc4O)cccc3C2=O)C(=O)N1. The van der Waals surface area contributed by atoms with Crippen molar-refractivity contribution >= 4 is 35.3 Å². The number of nitrogens with zero attached hydrogens (tertiary/aromatic N) is 2. The van der Waals surface area contributed by atoms with Crippen LogP contribution in [0.25, 0.3) is 0 Å². The lowest BCUT2D eigenvalue weighted by molar-refractivity contribution is -0.145. The van der Waals surface area contributed by atoms with Crippen LogP contribution in [-0.4, -0.2) is 55.5 Å². The Morgan fingerprint density at radius 3 is 2.53 bits per heavy atom. The number of fused-ring (bicyclic) bond motifs is 1. The van der Waals surface area contributed by atoms with Crippen LogP contribution in [0.4, 0.5) is 5.69 Å². The van der Waals surface area contributed by atoms with Gasteiger partial charge in [0.15, 0.2) is 0 Å². The highest BCUT2D eigenvalue weighted by Gasteiger charge is 2.39. The summed E-state index contributed by atoms with van der Waals surface area (Å²) in [5.74, 6) is -3.26. The molecule has 4 N–H and O–H groups in total. The molecule has 0 bridgehead atoms. The average molecular weight is 470 g/mol. The van der Waals surface area contributed by atoms with E-state index in [-0.39, 0.29) is 56.4 Å². The van der Waals surface area contributed by atoms with E-state index in [1.54, 1.807) is 18.2 Å². The number of aromatic nitrogens is 1. The molecule has 2 aliphatic heterocycles. The predicted molar refractivity (Wildman–Crippen MR) is 114 cm³/mol. The van der Waals surface area contributed by atoms with Gasteiger partial charge in [-0.1, -0.05) is 6.07 Å². The van der Waals surface area contributed by atoms with Crippen LogP contribution >= 0.6 is 0 Å². The van der Waals surface area contributed by atoms with Crippen molar-refractivity contribution in [2.75, 3.05) is 5.32 Å². The molecular formula is C22H22N4O8. The number of benzene rings is 1. The Morgan fingerprint density at radius 2 is 1.82 bits per heavy atom. The Labute approximate surface area is 193 Å². The predicted octanol–water partition coefficient (Wildman–Crippen LogP) is 0.424. The molecule has 178 valence electrons. The highest BCUT2D eigenvalue weighted by atomic mass is 16.7. The van der Waals surface area contributed by atoms with E-state index in [0.717, 1.165) is 12.1 Å². The van der Waals surface area contributed by atoms with Gasteiger partial charge in [0.05, 0.1) is 0 Å². The molecule has 12 nitrogen and oxygen atoms in total. The summed E-state index contributed by atoms with van der Waals surface area (Å²) in [5.41, 5.74) is 1.37. The molecule has 0 radical (unpaired) electrons. The Kier molecular flexibility index (Phi) is 6.21. The number of aromatic hydroxyl groups is 2. The fraction of sp³-hybridized carbons (Fsp3) is 0.318.